The minimum atomic E-state index is -0.244. The van der Waals surface area contributed by atoms with Crippen LogP contribution in [0, 0.1) is 0 Å². The number of aromatic nitrogens is 4. The molecule has 0 aliphatic rings. The number of nitrogens with one attached hydrogen (secondary N) is 1. The molecule has 4 aromatic rings. The van der Waals surface area contributed by atoms with Gasteiger partial charge in [-0.2, -0.15) is 0 Å². The summed E-state index contributed by atoms with van der Waals surface area (Å²) in [5.74, 6) is 0.387. The van der Waals surface area contributed by atoms with Gasteiger partial charge >= 0.3 is 5.69 Å². The summed E-state index contributed by atoms with van der Waals surface area (Å²) >= 11 is 0. The van der Waals surface area contributed by atoms with Crippen LogP contribution in [0.3, 0.4) is 0 Å². The fourth-order valence-corrected chi connectivity index (χ4v) is 3.71. The zero-order valence-corrected chi connectivity index (χ0v) is 17.9. The van der Waals surface area contributed by atoms with Crippen LogP contribution in [0.1, 0.15) is 23.5 Å². The van der Waals surface area contributed by atoms with Crippen LogP contribution < -0.4 is 11.0 Å². The predicted molar refractivity (Wildman–Crippen MR) is 123 cm³/mol. The van der Waals surface area contributed by atoms with Crippen LogP contribution in [0.5, 0.6) is 0 Å². The number of amides is 1. The number of carbonyl (C=O) groups excluding carboxylic acids is 1. The Morgan fingerprint density at radius 1 is 0.938 bits per heavy atom. The second kappa shape index (κ2) is 9.87. The zero-order chi connectivity index (χ0) is 22.3. The standard InChI is InChI=1S/C25H25N5O2/c1-29-24(22-14-8-9-15-26-22)28-30(25(29)32)17-16-27-23(31)18-21(19-10-4-2-5-11-19)20-12-6-3-7-13-20/h2-15,21H,16-18H2,1H3,(H,27,31). The molecule has 0 atom stereocenters. The van der Waals surface area contributed by atoms with E-state index in [1.165, 1.54) is 9.25 Å². The third-order valence-electron chi connectivity index (χ3n) is 5.37. The molecule has 7 heteroatoms. The van der Waals surface area contributed by atoms with Crippen molar-refractivity contribution in [3.63, 3.8) is 0 Å². The Bertz CT molecular complexity index is 1180. The molecule has 1 N–H and O–H groups in total. The topological polar surface area (TPSA) is 81.8 Å². The fraction of sp³-hybridized carbons (Fsp3) is 0.200. The highest BCUT2D eigenvalue weighted by atomic mass is 16.2. The summed E-state index contributed by atoms with van der Waals surface area (Å²) in [5, 5.41) is 7.32. The van der Waals surface area contributed by atoms with Gasteiger partial charge in [0, 0.05) is 32.1 Å². The summed E-state index contributed by atoms with van der Waals surface area (Å²) in [5.41, 5.74) is 2.57. The van der Waals surface area contributed by atoms with E-state index < -0.39 is 0 Å². The molecule has 1 amide bonds. The monoisotopic (exact) mass is 427 g/mol. The van der Waals surface area contributed by atoms with Crippen molar-refractivity contribution in [2.24, 2.45) is 7.05 Å². The minimum absolute atomic E-state index is 0.0364. The first kappa shape index (κ1) is 21.2. The lowest BCUT2D eigenvalue weighted by Crippen LogP contribution is -2.32. The first-order chi connectivity index (χ1) is 15.6. The molecule has 0 unspecified atom stereocenters. The van der Waals surface area contributed by atoms with Gasteiger partial charge in [0.15, 0.2) is 5.82 Å². The van der Waals surface area contributed by atoms with E-state index in [2.05, 4.69) is 15.4 Å². The number of hydrogen-bond donors (Lipinski definition) is 1. The molecule has 0 spiro atoms. The zero-order valence-electron chi connectivity index (χ0n) is 17.9. The van der Waals surface area contributed by atoms with Crippen molar-refractivity contribution in [2.75, 3.05) is 6.54 Å². The molecule has 0 radical (unpaired) electrons. The van der Waals surface area contributed by atoms with Gasteiger partial charge in [0.25, 0.3) is 0 Å². The number of carbonyl (C=O) groups is 1. The Labute approximate surface area is 186 Å². The van der Waals surface area contributed by atoms with E-state index in [9.17, 15) is 9.59 Å². The van der Waals surface area contributed by atoms with Gasteiger partial charge in [-0.15, -0.1) is 5.10 Å². The van der Waals surface area contributed by atoms with Crippen LogP contribution in [0.15, 0.2) is 89.9 Å². The highest BCUT2D eigenvalue weighted by molar-refractivity contribution is 5.77. The molecule has 32 heavy (non-hydrogen) atoms. The Morgan fingerprint density at radius 3 is 2.16 bits per heavy atom. The number of rotatable bonds is 8. The van der Waals surface area contributed by atoms with Gasteiger partial charge in [0.2, 0.25) is 5.91 Å². The van der Waals surface area contributed by atoms with E-state index in [4.69, 9.17) is 0 Å². The maximum atomic E-state index is 12.7. The lowest BCUT2D eigenvalue weighted by molar-refractivity contribution is -0.121. The van der Waals surface area contributed by atoms with Gasteiger partial charge in [-0.25, -0.2) is 9.48 Å². The lowest BCUT2D eigenvalue weighted by atomic mass is 9.88. The number of nitrogens with zero attached hydrogens (tertiary/aromatic N) is 4. The minimum Gasteiger partial charge on any atom is -0.354 e. The van der Waals surface area contributed by atoms with Crippen molar-refractivity contribution in [2.45, 2.75) is 18.9 Å². The Kier molecular flexibility index (Phi) is 6.55. The molecule has 0 aliphatic heterocycles. The normalized spacial score (nSPS) is 10.9. The van der Waals surface area contributed by atoms with Crippen molar-refractivity contribution in [3.8, 4) is 11.5 Å². The Hall–Kier alpha value is -4.00. The maximum absolute atomic E-state index is 12.7. The molecular formula is C25H25N5O2. The smallest absolute Gasteiger partial charge is 0.346 e. The lowest BCUT2D eigenvalue weighted by Gasteiger charge is -2.18. The number of pyridine rings is 1. The molecular weight excluding hydrogens is 402 g/mol. The van der Waals surface area contributed by atoms with Crippen LogP contribution >= 0.6 is 0 Å². The molecule has 2 heterocycles. The SMILES string of the molecule is Cn1c(-c2ccccn2)nn(CCNC(=O)CC(c2ccccc2)c2ccccc2)c1=O. The van der Waals surface area contributed by atoms with E-state index in [-0.39, 0.29) is 24.1 Å². The summed E-state index contributed by atoms with van der Waals surface area (Å²) < 4.78 is 2.82. The first-order valence-corrected chi connectivity index (χ1v) is 10.6. The Balaban J connectivity index is 1.41. The van der Waals surface area contributed by atoms with Crippen LogP contribution in [-0.2, 0) is 18.4 Å². The molecule has 0 fully saturated rings. The van der Waals surface area contributed by atoms with E-state index in [0.717, 1.165) is 11.1 Å². The fourth-order valence-electron chi connectivity index (χ4n) is 3.71. The molecule has 0 aliphatic carbocycles. The summed E-state index contributed by atoms with van der Waals surface area (Å²) in [6.07, 6.45) is 1.99. The Morgan fingerprint density at radius 2 is 1.56 bits per heavy atom. The third-order valence-corrected chi connectivity index (χ3v) is 5.37. The van der Waals surface area contributed by atoms with E-state index in [1.54, 1.807) is 19.3 Å². The number of hydrogen-bond acceptors (Lipinski definition) is 4. The largest absolute Gasteiger partial charge is 0.354 e. The van der Waals surface area contributed by atoms with E-state index in [1.807, 2.05) is 72.8 Å². The average Bonchev–Trinajstić information content (AvgIpc) is 3.13. The molecule has 0 bridgehead atoms. The predicted octanol–water partition coefficient (Wildman–Crippen LogP) is 2.98. The summed E-state index contributed by atoms with van der Waals surface area (Å²) in [4.78, 5) is 29.5. The van der Waals surface area contributed by atoms with Gasteiger partial charge in [-0.05, 0) is 23.3 Å². The molecule has 0 saturated heterocycles. The van der Waals surface area contributed by atoms with Gasteiger partial charge in [0.1, 0.15) is 5.69 Å². The van der Waals surface area contributed by atoms with Crippen LogP contribution in [0.25, 0.3) is 11.5 Å². The maximum Gasteiger partial charge on any atom is 0.346 e. The molecule has 2 aromatic carbocycles. The van der Waals surface area contributed by atoms with Crippen molar-refractivity contribution < 1.29 is 4.79 Å². The van der Waals surface area contributed by atoms with Gasteiger partial charge in [-0.1, -0.05) is 66.7 Å². The molecule has 4 rings (SSSR count). The third kappa shape index (κ3) is 4.83. The van der Waals surface area contributed by atoms with Gasteiger partial charge in [-0.3, -0.25) is 14.3 Å². The summed E-state index contributed by atoms with van der Waals surface area (Å²) in [7, 11) is 1.67. The summed E-state index contributed by atoms with van der Waals surface area (Å²) in [6.45, 7) is 0.598. The van der Waals surface area contributed by atoms with Gasteiger partial charge < -0.3 is 5.32 Å². The van der Waals surface area contributed by atoms with Crippen molar-refractivity contribution in [1.29, 1.82) is 0 Å². The quantitative estimate of drug-likeness (QED) is 0.469. The van der Waals surface area contributed by atoms with Crippen molar-refractivity contribution in [3.05, 3.63) is 107 Å². The highest BCUT2D eigenvalue weighted by Gasteiger charge is 2.18. The molecule has 162 valence electrons. The highest BCUT2D eigenvalue weighted by Crippen LogP contribution is 2.27. The molecule has 0 saturated carbocycles. The van der Waals surface area contributed by atoms with E-state index in [0.29, 0.717) is 24.5 Å². The van der Waals surface area contributed by atoms with Crippen molar-refractivity contribution in [1.82, 2.24) is 24.6 Å². The van der Waals surface area contributed by atoms with E-state index >= 15 is 0 Å². The first-order valence-electron chi connectivity index (χ1n) is 10.6. The van der Waals surface area contributed by atoms with Crippen LogP contribution in [-0.4, -0.2) is 31.8 Å². The summed E-state index contributed by atoms with van der Waals surface area (Å²) in [6, 6.07) is 25.5. The second-order valence-corrected chi connectivity index (χ2v) is 7.53. The van der Waals surface area contributed by atoms with Crippen LogP contribution in [0.2, 0.25) is 0 Å². The average molecular weight is 428 g/mol. The molecule has 7 nitrogen and oxygen atoms in total. The number of benzene rings is 2. The van der Waals surface area contributed by atoms with Gasteiger partial charge in [0.05, 0.1) is 6.54 Å². The molecule has 2 aromatic heterocycles. The van der Waals surface area contributed by atoms with Crippen molar-refractivity contribution >= 4 is 5.91 Å². The second-order valence-electron chi connectivity index (χ2n) is 7.53. The van der Waals surface area contributed by atoms with Crippen LogP contribution in [0.4, 0.5) is 0 Å².